The minimum Gasteiger partial charge on any atom is -0.508 e. The van der Waals surface area contributed by atoms with Crippen molar-refractivity contribution in [3.63, 3.8) is 0 Å². The molecule has 0 saturated heterocycles. The number of carbonyl (C=O) groups is 3. The van der Waals surface area contributed by atoms with Gasteiger partial charge in [0, 0.05) is 17.7 Å². The third kappa shape index (κ3) is 5.34. The van der Waals surface area contributed by atoms with Crippen molar-refractivity contribution >= 4 is 17.7 Å². The third-order valence-electron chi connectivity index (χ3n) is 3.53. The molecule has 2 aromatic rings. The Morgan fingerprint density at radius 3 is 2.42 bits per heavy atom. The first-order valence-electron chi connectivity index (χ1n) is 7.93. The van der Waals surface area contributed by atoms with Crippen LogP contribution in [-0.4, -0.2) is 40.5 Å². The first-order valence-corrected chi connectivity index (χ1v) is 7.93. The molecule has 1 atom stereocenters. The summed E-state index contributed by atoms with van der Waals surface area (Å²) in [5, 5.41) is 21.5. The Balaban J connectivity index is 1.80. The number of esters is 1. The Labute approximate surface area is 150 Å². The summed E-state index contributed by atoms with van der Waals surface area (Å²) in [5.74, 6) is -2.14. The number of phenolic OH excluding ortho intramolecular Hbond substituents is 2. The molecular weight excluding hydrogens is 338 g/mol. The van der Waals surface area contributed by atoms with Gasteiger partial charge in [0.25, 0.3) is 5.91 Å². The molecule has 0 fully saturated rings. The molecule has 0 aliphatic rings. The third-order valence-corrected chi connectivity index (χ3v) is 3.53. The van der Waals surface area contributed by atoms with E-state index in [-0.39, 0.29) is 23.6 Å². The van der Waals surface area contributed by atoms with Gasteiger partial charge in [0.15, 0.2) is 6.61 Å². The van der Waals surface area contributed by atoms with E-state index in [0.717, 1.165) is 6.07 Å². The van der Waals surface area contributed by atoms with Crippen molar-refractivity contribution in [2.24, 2.45) is 0 Å². The molecule has 136 valence electrons. The van der Waals surface area contributed by atoms with Crippen molar-refractivity contribution in [2.45, 2.75) is 19.4 Å². The van der Waals surface area contributed by atoms with Crippen LogP contribution in [0.4, 0.5) is 0 Å². The van der Waals surface area contributed by atoms with E-state index in [1.54, 1.807) is 37.3 Å². The molecule has 0 spiro atoms. The number of phenols is 2. The SMILES string of the molecule is C[C@@H](CC(=O)OCC(=O)c1ccc(O)cc1O)NC(=O)c1ccccc1. The monoisotopic (exact) mass is 357 g/mol. The second kappa shape index (κ2) is 8.66. The van der Waals surface area contributed by atoms with Crippen LogP contribution in [-0.2, 0) is 9.53 Å². The van der Waals surface area contributed by atoms with Gasteiger partial charge in [0.1, 0.15) is 11.5 Å². The second-order valence-electron chi connectivity index (χ2n) is 5.73. The van der Waals surface area contributed by atoms with E-state index in [2.05, 4.69) is 5.32 Å². The lowest BCUT2D eigenvalue weighted by Crippen LogP contribution is -2.34. The van der Waals surface area contributed by atoms with Crippen LogP contribution in [0.25, 0.3) is 0 Å². The average molecular weight is 357 g/mol. The van der Waals surface area contributed by atoms with Gasteiger partial charge < -0.3 is 20.3 Å². The molecule has 0 bridgehead atoms. The predicted octanol–water partition coefficient (Wildman–Crippen LogP) is 2.03. The van der Waals surface area contributed by atoms with Gasteiger partial charge in [-0.1, -0.05) is 18.2 Å². The molecule has 7 nitrogen and oxygen atoms in total. The van der Waals surface area contributed by atoms with Gasteiger partial charge in [0.2, 0.25) is 5.78 Å². The molecule has 0 heterocycles. The summed E-state index contributed by atoms with van der Waals surface area (Å²) >= 11 is 0. The van der Waals surface area contributed by atoms with Crippen molar-refractivity contribution in [3.05, 3.63) is 59.7 Å². The topological polar surface area (TPSA) is 113 Å². The minimum absolute atomic E-state index is 0.0546. The number of ketones is 1. The highest BCUT2D eigenvalue weighted by molar-refractivity contribution is 6.00. The molecule has 3 N–H and O–H groups in total. The Hall–Kier alpha value is -3.35. The van der Waals surface area contributed by atoms with E-state index in [1.165, 1.54) is 12.1 Å². The molecule has 0 aliphatic carbocycles. The standard InChI is InChI=1S/C19H19NO6/c1-12(20-19(25)13-5-3-2-4-6-13)9-18(24)26-11-17(23)15-8-7-14(21)10-16(15)22/h2-8,10,12,21-22H,9,11H2,1H3,(H,20,25)/t12-/m0/s1. The Kier molecular flexibility index (Phi) is 6.32. The summed E-state index contributed by atoms with van der Waals surface area (Å²) in [6.07, 6.45) is -0.104. The maximum absolute atomic E-state index is 12.0. The van der Waals surface area contributed by atoms with Gasteiger partial charge in [-0.15, -0.1) is 0 Å². The van der Waals surface area contributed by atoms with Crippen LogP contribution >= 0.6 is 0 Å². The van der Waals surface area contributed by atoms with Gasteiger partial charge in [-0.25, -0.2) is 0 Å². The van der Waals surface area contributed by atoms with Gasteiger partial charge >= 0.3 is 5.97 Å². The summed E-state index contributed by atoms with van der Waals surface area (Å²) in [4.78, 5) is 35.7. The molecule has 1 amide bonds. The first-order chi connectivity index (χ1) is 12.4. The maximum Gasteiger partial charge on any atom is 0.308 e. The van der Waals surface area contributed by atoms with Crippen LogP contribution in [0.1, 0.15) is 34.1 Å². The molecule has 2 aromatic carbocycles. The quantitative estimate of drug-likeness (QED) is 0.516. The zero-order valence-electron chi connectivity index (χ0n) is 14.1. The van der Waals surface area contributed by atoms with Crippen LogP contribution < -0.4 is 5.32 Å². The number of aromatic hydroxyl groups is 2. The van der Waals surface area contributed by atoms with E-state index in [0.29, 0.717) is 5.56 Å². The van der Waals surface area contributed by atoms with Crippen LogP contribution in [0.15, 0.2) is 48.5 Å². The molecule has 26 heavy (non-hydrogen) atoms. The highest BCUT2D eigenvalue weighted by atomic mass is 16.5. The molecule has 0 saturated carbocycles. The van der Waals surface area contributed by atoms with Gasteiger partial charge in [0.05, 0.1) is 12.0 Å². The maximum atomic E-state index is 12.0. The number of carbonyl (C=O) groups excluding carboxylic acids is 3. The number of nitrogens with one attached hydrogen (secondary N) is 1. The zero-order chi connectivity index (χ0) is 19.1. The fraction of sp³-hybridized carbons (Fsp3) is 0.211. The largest absolute Gasteiger partial charge is 0.508 e. The van der Waals surface area contributed by atoms with E-state index >= 15 is 0 Å². The average Bonchev–Trinajstić information content (AvgIpc) is 2.60. The fourth-order valence-corrected chi connectivity index (χ4v) is 2.24. The Morgan fingerprint density at radius 1 is 1.08 bits per heavy atom. The van der Waals surface area contributed by atoms with E-state index in [4.69, 9.17) is 4.74 Å². The number of hydrogen-bond acceptors (Lipinski definition) is 6. The van der Waals surface area contributed by atoms with Crippen molar-refractivity contribution in [1.82, 2.24) is 5.32 Å². The Morgan fingerprint density at radius 2 is 1.77 bits per heavy atom. The van der Waals surface area contributed by atoms with Gasteiger partial charge in [-0.05, 0) is 31.2 Å². The van der Waals surface area contributed by atoms with Crippen molar-refractivity contribution in [1.29, 1.82) is 0 Å². The smallest absolute Gasteiger partial charge is 0.308 e. The number of amides is 1. The molecule has 0 aromatic heterocycles. The molecule has 0 unspecified atom stereocenters. The molecule has 0 aliphatic heterocycles. The number of rotatable bonds is 7. The van der Waals surface area contributed by atoms with Crippen molar-refractivity contribution in [2.75, 3.05) is 6.61 Å². The highest BCUT2D eigenvalue weighted by Crippen LogP contribution is 2.22. The predicted molar refractivity (Wildman–Crippen MR) is 93.0 cm³/mol. The van der Waals surface area contributed by atoms with E-state index in [1.807, 2.05) is 0 Å². The Bertz CT molecular complexity index is 803. The van der Waals surface area contributed by atoms with Gasteiger partial charge in [-0.3, -0.25) is 14.4 Å². The van der Waals surface area contributed by atoms with Crippen LogP contribution in [0, 0.1) is 0 Å². The highest BCUT2D eigenvalue weighted by Gasteiger charge is 2.17. The van der Waals surface area contributed by atoms with E-state index in [9.17, 15) is 24.6 Å². The molecule has 0 radical (unpaired) electrons. The second-order valence-corrected chi connectivity index (χ2v) is 5.73. The summed E-state index contributed by atoms with van der Waals surface area (Å²) in [5.41, 5.74) is 0.423. The first kappa shape index (κ1) is 19.0. The zero-order valence-corrected chi connectivity index (χ0v) is 14.1. The van der Waals surface area contributed by atoms with Crippen molar-refractivity contribution in [3.8, 4) is 11.5 Å². The number of Topliss-reactive ketones (excluding diaryl/α,β-unsaturated/α-hetero) is 1. The summed E-state index contributed by atoms with van der Waals surface area (Å²) in [6.45, 7) is 1.10. The summed E-state index contributed by atoms with van der Waals surface area (Å²) in [7, 11) is 0. The molecule has 2 rings (SSSR count). The summed E-state index contributed by atoms with van der Waals surface area (Å²) in [6, 6.07) is 11.6. The lowest BCUT2D eigenvalue weighted by Gasteiger charge is -2.13. The van der Waals surface area contributed by atoms with E-state index < -0.39 is 30.2 Å². The molecular formula is C19H19NO6. The van der Waals surface area contributed by atoms with Crippen LogP contribution in [0.2, 0.25) is 0 Å². The lowest BCUT2D eigenvalue weighted by molar-refractivity contribution is -0.142. The summed E-state index contributed by atoms with van der Waals surface area (Å²) < 4.78 is 4.89. The minimum atomic E-state index is -0.655. The number of benzene rings is 2. The van der Waals surface area contributed by atoms with Crippen molar-refractivity contribution < 1.29 is 29.3 Å². The van der Waals surface area contributed by atoms with Gasteiger partial charge in [-0.2, -0.15) is 0 Å². The van der Waals surface area contributed by atoms with Crippen LogP contribution in [0.5, 0.6) is 11.5 Å². The number of hydrogen-bond donors (Lipinski definition) is 3. The normalized spacial score (nSPS) is 11.4. The number of ether oxygens (including phenoxy) is 1. The van der Waals surface area contributed by atoms with Crippen LogP contribution in [0.3, 0.4) is 0 Å². The fourth-order valence-electron chi connectivity index (χ4n) is 2.24. The lowest BCUT2D eigenvalue weighted by atomic mass is 10.1. The molecule has 7 heteroatoms.